The standard InChI is InChI=1S/C22H30N4O/c1-15(2)18-12-8-9-13-19(18)25-21(27)20-14-16(3)23-22(26-20)24-17-10-6-4-5-7-11-17/h8-9,12-15,17H,4-7,10-11H2,1-3H3,(H,25,27)(H,23,24,26). The van der Waals surface area contributed by atoms with Crippen molar-refractivity contribution < 1.29 is 4.79 Å². The second-order valence-corrected chi connectivity index (χ2v) is 7.75. The van der Waals surface area contributed by atoms with Crippen LogP contribution >= 0.6 is 0 Å². The Bertz CT molecular complexity index is 780. The average molecular weight is 367 g/mol. The molecule has 5 heteroatoms. The molecule has 0 aliphatic heterocycles. The van der Waals surface area contributed by atoms with Crippen molar-refractivity contribution >= 4 is 17.5 Å². The Balaban J connectivity index is 1.76. The van der Waals surface area contributed by atoms with Crippen molar-refractivity contribution in [1.29, 1.82) is 0 Å². The third-order valence-corrected chi connectivity index (χ3v) is 5.11. The smallest absolute Gasteiger partial charge is 0.274 e. The molecule has 0 saturated heterocycles. The normalized spacial score (nSPS) is 15.4. The maximum absolute atomic E-state index is 12.8. The van der Waals surface area contributed by atoms with E-state index in [-0.39, 0.29) is 5.91 Å². The van der Waals surface area contributed by atoms with E-state index in [1.807, 2.05) is 31.2 Å². The predicted octanol–water partition coefficient (Wildman–Crippen LogP) is 5.30. The van der Waals surface area contributed by atoms with E-state index in [0.717, 1.165) is 29.8 Å². The summed E-state index contributed by atoms with van der Waals surface area (Å²) in [5, 5.41) is 6.47. The van der Waals surface area contributed by atoms with Crippen LogP contribution in [0, 0.1) is 6.92 Å². The third kappa shape index (κ3) is 5.28. The molecule has 1 saturated carbocycles. The van der Waals surface area contributed by atoms with E-state index in [4.69, 9.17) is 0 Å². The van der Waals surface area contributed by atoms with Gasteiger partial charge in [0.25, 0.3) is 5.91 Å². The predicted molar refractivity (Wildman–Crippen MR) is 110 cm³/mol. The average Bonchev–Trinajstić information content (AvgIpc) is 2.90. The van der Waals surface area contributed by atoms with Crippen molar-refractivity contribution in [2.45, 2.75) is 71.3 Å². The first-order valence-corrected chi connectivity index (χ1v) is 10.1. The van der Waals surface area contributed by atoms with Crippen LogP contribution in [0.2, 0.25) is 0 Å². The zero-order valence-electron chi connectivity index (χ0n) is 16.6. The number of aromatic nitrogens is 2. The molecule has 27 heavy (non-hydrogen) atoms. The molecule has 1 aliphatic carbocycles. The number of benzene rings is 1. The Kier molecular flexibility index (Phi) is 6.43. The first-order valence-electron chi connectivity index (χ1n) is 10.1. The molecular formula is C22H30N4O. The van der Waals surface area contributed by atoms with Gasteiger partial charge in [-0.05, 0) is 43.4 Å². The Hall–Kier alpha value is -2.43. The number of amides is 1. The molecule has 1 aromatic heterocycles. The van der Waals surface area contributed by atoms with Gasteiger partial charge in [-0.3, -0.25) is 4.79 Å². The Morgan fingerprint density at radius 3 is 2.48 bits per heavy atom. The molecule has 2 N–H and O–H groups in total. The van der Waals surface area contributed by atoms with Crippen molar-refractivity contribution in [2.24, 2.45) is 0 Å². The largest absolute Gasteiger partial charge is 0.351 e. The minimum absolute atomic E-state index is 0.197. The van der Waals surface area contributed by atoms with E-state index in [1.165, 1.54) is 25.7 Å². The number of carbonyl (C=O) groups is 1. The SMILES string of the molecule is Cc1cc(C(=O)Nc2ccccc2C(C)C)nc(NC2CCCCCC2)n1. The number of para-hydroxylation sites is 1. The highest BCUT2D eigenvalue weighted by atomic mass is 16.1. The van der Waals surface area contributed by atoms with E-state index in [9.17, 15) is 4.79 Å². The van der Waals surface area contributed by atoms with Crippen LogP contribution in [0.1, 0.15) is 80.0 Å². The fourth-order valence-corrected chi connectivity index (χ4v) is 3.66. The van der Waals surface area contributed by atoms with Crippen LogP contribution in [-0.2, 0) is 0 Å². The highest BCUT2D eigenvalue weighted by molar-refractivity contribution is 6.03. The molecule has 0 radical (unpaired) electrons. The van der Waals surface area contributed by atoms with Gasteiger partial charge in [-0.25, -0.2) is 9.97 Å². The number of carbonyl (C=O) groups excluding carboxylic acids is 1. The highest BCUT2D eigenvalue weighted by Gasteiger charge is 2.17. The second-order valence-electron chi connectivity index (χ2n) is 7.75. The van der Waals surface area contributed by atoms with Gasteiger partial charge in [0.15, 0.2) is 0 Å². The minimum atomic E-state index is -0.197. The monoisotopic (exact) mass is 366 g/mol. The first-order chi connectivity index (χ1) is 13.0. The third-order valence-electron chi connectivity index (χ3n) is 5.11. The molecule has 2 aromatic rings. The summed E-state index contributed by atoms with van der Waals surface area (Å²) in [5.74, 6) is 0.697. The van der Waals surface area contributed by atoms with Crippen LogP contribution in [0.15, 0.2) is 30.3 Å². The molecule has 5 nitrogen and oxygen atoms in total. The molecule has 1 fully saturated rings. The summed E-state index contributed by atoms with van der Waals surface area (Å²) >= 11 is 0. The van der Waals surface area contributed by atoms with Crippen molar-refractivity contribution in [3.8, 4) is 0 Å². The lowest BCUT2D eigenvalue weighted by molar-refractivity contribution is 0.102. The van der Waals surface area contributed by atoms with Gasteiger partial charge in [0.05, 0.1) is 0 Å². The van der Waals surface area contributed by atoms with Gasteiger partial charge in [-0.15, -0.1) is 0 Å². The van der Waals surface area contributed by atoms with Crippen molar-refractivity contribution in [3.05, 3.63) is 47.3 Å². The lowest BCUT2D eigenvalue weighted by atomic mass is 10.0. The van der Waals surface area contributed by atoms with E-state index in [0.29, 0.717) is 23.6 Å². The van der Waals surface area contributed by atoms with Crippen LogP contribution in [0.25, 0.3) is 0 Å². The zero-order valence-corrected chi connectivity index (χ0v) is 16.6. The topological polar surface area (TPSA) is 66.9 Å². The summed E-state index contributed by atoms with van der Waals surface area (Å²) in [6.45, 7) is 6.14. The molecule has 1 heterocycles. The summed E-state index contributed by atoms with van der Waals surface area (Å²) in [4.78, 5) is 21.8. The van der Waals surface area contributed by atoms with Gasteiger partial charge >= 0.3 is 0 Å². The molecule has 0 bridgehead atoms. The molecule has 0 unspecified atom stereocenters. The van der Waals surface area contributed by atoms with Crippen molar-refractivity contribution in [1.82, 2.24) is 9.97 Å². The first kappa shape index (κ1) is 19.3. The van der Waals surface area contributed by atoms with Crippen molar-refractivity contribution in [2.75, 3.05) is 10.6 Å². The highest BCUT2D eigenvalue weighted by Crippen LogP contribution is 2.24. The Morgan fingerprint density at radius 2 is 1.78 bits per heavy atom. The Labute approximate surface area is 162 Å². The van der Waals surface area contributed by atoms with Crippen LogP contribution in [0.5, 0.6) is 0 Å². The minimum Gasteiger partial charge on any atom is -0.351 e. The maximum atomic E-state index is 12.8. The quantitative estimate of drug-likeness (QED) is 0.705. The fraction of sp³-hybridized carbons (Fsp3) is 0.500. The maximum Gasteiger partial charge on any atom is 0.274 e. The van der Waals surface area contributed by atoms with Crippen LogP contribution in [0.3, 0.4) is 0 Å². The van der Waals surface area contributed by atoms with Gasteiger partial charge < -0.3 is 10.6 Å². The van der Waals surface area contributed by atoms with E-state index >= 15 is 0 Å². The van der Waals surface area contributed by atoms with Gasteiger partial charge in [0.2, 0.25) is 5.95 Å². The molecule has 144 valence electrons. The van der Waals surface area contributed by atoms with Gasteiger partial charge in [0.1, 0.15) is 5.69 Å². The molecule has 1 aromatic carbocycles. The number of anilines is 2. The number of rotatable bonds is 5. The summed E-state index contributed by atoms with van der Waals surface area (Å²) in [6, 6.07) is 10.1. The van der Waals surface area contributed by atoms with E-state index < -0.39 is 0 Å². The zero-order chi connectivity index (χ0) is 19.2. The second kappa shape index (κ2) is 8.98. The van der Waals surface area contributed by atoms with Gasteiger partial charge in [-0.1, -0.05) is 57.7 Å². The lowest BCUT2D eigenvalue weighted by Gasteiger charge is -2.17. The van der Waals surface area contributed by atoms with Crippen LogP contribution in [0.4, 0.5) is 11.6 Å². The number of nitrogens with zero attached hydrogens (tertiary/aromatic N) is 2. The van der Waals surface area contributed by atoms with Crippen molar-refractivity contribution in [3.63, 3.8) is 0 Å². The summed E-state index contributed by atoms with van der Waals surface area (Å²) < 4.78 is 0. The molecule has 0 atom stereocenters. The summed E-state index contributed by atoms with van der Waals surface area (Å²) in [6.07, 6.45) is 7.36. The van der Waals surface area contributed by atoms with Gasteiger partial charge in [0, 0.05) is 17.4 Å². The lowest BCUT2D eigenvalue weighted by Crippen LogP contribution is -2.22. The summed E-state index contributed by atoms with van der Waals surface area (Å²) in [5.41, 5.74) is 3.15. The molecule has 0 spiro atoms. The number of aryl methyl sites for hydroxylation is 1. The molecular weight excluding hydrogens is 336 g/mol. The van der Waals surface area contributed by atoms with E-state index in [2.05, 4.69) is 34.4 Å². The fourth-order valence-electron chi connectivity index (χ4n) is 3.66. The van der Waals surface area contributed by atoms with Gasteiger partial charge in [-0.2, -0.15) is 0 Å². The number of nitrogens with one attached hydrogen (secondary N) is 2. The van der Waals surface area contributed by atoms with Crippen LogP contribution < -0.4 is 10.6 Å². The number of hydrogen-bond acceptors (Lipinski definition) is 4. The molecule has 1 amide bonds. The number of hydrogen-bond donors (Lipinski definition) is 2. The van der Waals surface area contributed by atoms with E-state index in [1.54, 1.807) is 6.07 Å². The molecule has 3 rings (SSSR count). The molecule has 1 aliphatic rings. The van der Waals surface area contributed by atoms with Crippen LogP contribution in [-0.4, -0.2) is 21.9 Å². The summed E-state index contributed by atoms with van der Waals surface area (Å²) in [7, 11) is 0. The Morgan fingerprint density at radius 1 is 1.07 bits per heavy atom.